The number of amides is 3. The van der Waals surface area contributed by atoms with Crippen LogP contribution in [0, 0.1) is 11.8 Å². The molecule has 1 unspecified atom stereocenters. The lowest BCUT2D eigenvalue weighted by Gasteiger charge is -2.33. The van der Waals surface area contributed by atoms with Gasteiger partial charge in [0.1, 0.15) is 5.82 Å². The van der Waals surface area contributed by atoms with Gasteiger partial charge in [0.15, 0.2) is 0 Å². The van der Waals surface area contributed by atoms with Crippen LogP contribution < -0.4 is 5.32 Å². The summed E-state index contributed by atoms with van der Waals surface area (Å²) in [5.74, 6) is 0.419. The maximum absolute atomic E-state index is 12.9. The lowest BCUT2D eigenvalue weighted by Crippen LogP contribution is -2.44. The van der Waals surface area contributed by atoms with Gasteiger partial charge in [0.2, 0.25) is 17.7 Å². The summed E-state index contributed by atoms with van der Waals surface area (Å²) in [5.41, 5.74) is 0. The van der Waals surface area contributed by atoms with Crippen LogP contribution in [0.4, 0.5) is 5.82 Å². The Kier molecular flexibility index (Phi) is 5.59. The largest absolute Gasteiger partial charge is 0.342 e. The van der Waals surface area contributed by atoms with Crippen LogP contribution in [0.15, 0.2) is 24.4 Å². The first-order chi connectivity index (χ1) is 13.6. The van der Waals surface area contributed by atoms with E-state index in [1.165, 1.54) is 12.8 Å². The number of pyridine rings is 1. The molecule has 7 nitrogen and oxygen atoms in total. The number of carbonyl (C=O) groups is 3. The Balaban J connectivity index is 1.27. The molecule has 3 amide bonds. The first-order valence-corrected chi connectivity index (χ1v) is 10.4. The Bertz CT molecular complexity index is 724. The van der Waals surface area contributed by atoms with Gasteiger partial charge < -0.3 is 15.1 Å². The molecular formula is C21H28N4O3. The lowest BCUT2D eigenvalue weighted by atomic mass is 9.94. The van der Waals surface area contributed by atoms with Gasteiger partial charge in [0.25, 0.3) is 0 Å². The molecule has 28 heavy (non-hydrogen) atoms. The van der Waals surface area contributed by atoms with E-state index < -0.39 is 0 Å². The first kappa shape index (κ1) is 18.9. The van der Waals surface area contributed by atoms with Gasteiger partial charge in [-0.25, -0.2) is 4.98 Å². The molecule has 1 aromatic heterocycles. The summed E-state index contributed by atoms with van der Waals surface area (Å²) < 4.78 is 0. The highest BCUT2D eigenvalue weighted by atomic mass is 16.2. The van der Waals surface area contributed by atoms with Gasteiger partial charge in [-0.2, -0.15) is 0 Å². The molecule has 2 saturated heterocycles. The second kappa shape index (κ2) is 8.29. The van der Waals surface area contributed by atoms with Crippen molar-refractivity contribution in [2.45, 2.75) is 51.0 Å². The maximum atomic E-state index is 12.9. The molecule has 1 saturated carbocycles. The molecule has 150 valence electrons. The molecule has 1 aromatic rings. The van der Waals surface area contributed by atoms with Crippen molar-refractivity contribution in [3.05, 3.63) is 24.4 Å². The fourth-order valence-electron chi connectivity index (χ4n) is 4.75. The number of likely N-dealkylation sites (tertiary alicyclic amines) is 2. The van der Waals surface area contributed by atoms with Gasteiger partial charge >= 0.3 is 0 Å². The van der Waals surface area contributed by atoms with Gasteiger partial charge in [-0.3, -0.25) is 14.4 Å². The highest BCUT2D eigenvalue weighted by Gasteiger charge is 2.41. The molecule has 1 atom stereocenters. The smallest absolute Gasteiger partial charge is 0.228 e. The number of aromatic nitrogens is 1. The van der Waals surface area contributed by atoms with Gasteiger partial charge in [0, 0.05) is 44.2 Å². The van der Waals surface area contributed by atoms with Crippen molar-refractivity contribution in [3.63, 3.8) is 0 Å². The van der Waals surface area contributed by atoms with E-state index in [0.717, 1.165) is 12.8 Å². The van der Waals surface area contributed by atoms with E-state index >= 15 is 0 Å². The average Bonchev–Trinajstić information content (AvgIpc) is 3.38. The highest BCUT2D eigenvalue weighted by molar-refractivity contribution is 5.92. The standard InChI is InChI=1S/C21H28N4O3/c26-19-13-16(14-25(19)17-5-1-2-6-17)21(28)24-11-8-15(9-12-24)20(27)23-18-7-3-4-10-22-18/h3-4,7,10,15-17H,1-2,5-6,8-9,11-14H2,(H,22,23,27). The molecule has 0 aromatic carbocycles. The normalized spacial score (nSPS) is 24.0. The summed E-state index contributed by atoms with van der Waals surface area (Å²) in [4.78, 5) is 45.6. The third kappa shape index (κ3) is 4.03. The Morgan fingerprint density at radius 3 is 2.46 bits per heavy atom. The molecule has 4 rings (SSSR count). The summed E-state index contributed by atoms with van der Waals surface area (Å²) in [6, 6.07) is 5.75. The molecule has 3 heterocycles. The van der Waals surface area contributed by atoms with Crippen LogP contribution >= 0.6 is 0 Å². The maximum Gasteiger partial charge on any atom is 0.228 e. The van der Waals surface area contributed by atoms with Crippen molar-refractivity contribution < 1.29 is 14.4 Å². The molecule has 3 fully saturated rings. The Morgan fingerprint density at radius 1 is 1.04 bits per heavy atom. The molecule has 1 N–H and O–H groups in total. The predicted molar refractivity (Wildman–Crippen MR) is 104 cm³/mol. The second-order valence-corrected chi connectivity index (χ2v) is 8.19. The van der Waals surface area contributed by atoms with Crippen molar-refractivity contribution >= 4 is 23.5 Å². The molecule has 0 bridgehead atoms. The van der Waals surface area contributed by atoms with Crippen molar-refractivity contribution in [3.8, 4) is 0 Å². The van der Waals surface area contributed by atoms with E-state index in [1.807, 2.05) is 15.9 Å². The fraction of sp³-hybridized carbons (Fsp3) is 0.619. The molecule has 0 spiro atoms. The lowest BCUT2D eigenvalue weighted by molar-refractivity contribution is -0.138. The molecule has 7 heteroatoms. The Labute approximate surface area is 165 Å². The molecule has 0 radical (unpaired) electrons. The van der Waals surface area contributed by atoms with E-state index in [1.54, 1.807) is 18.3 Å². The van der Waals surface area contributed by atoms with Gasteiger partial charge in [-0.1, -0.05) is 18.9 Å². The minimum absolute atomic E-state index is 0.0331. The number of hydrogen-bond donors (Lipinski definition) is 1. The number of rotatable bonds is 4. The third-order valence-corrected chi connectivity index (χ3v) is 6.37. The summed E-state index contributed by atoms with van der Waals surface area (Å²) in [6.45, 7) is 1.73. The number of nitrogens with zero attached hydrogens (tertiary/aromatic N) is 3. The monoisotopic (exact) mass is 384 g/mol. The summed E-state index contributed by atoms with van der Waals surface area (Å²) in [7, 11) is 0. The van der Waals surface area contributed by atoms with E-state index in [2.05, 4.69) is 10.3 Å². The fourth-order valence-corrected chi connectivity index (χ4v) is 4.75. The minimum atomic E-state index is -0.216. The Hall–Kier alpha value is -2.44. The van der Waals surface area contributed by atoms with Crippen molar-refractivity contribution in [1.82, 2.24) is 14.8 Å². The molecule has 1 aliphatic carbocycles. The van der Waals surface area contributed by atoms with Crippen LogP contribution in [-0.2, 0) is 14.4 Å². The minimum Gasteiger partial charge on any atom is -0.342 e. The Morgan fingerprint density at radius 2 is 1.79 bits per heavy atom. The van der Waals surface area contributed by atoms with Crippen molar-refractivity contribution in [2.24, 2.45) is 11.8 Å². The van der Waals surface area contributed by atoms with Crippen LogP contribution in [0.25, 0.3) is 0 Å². The summed E-state index contributed by atoms with van der Waals surface area (Å²) >= 11 is 0. The average molecular weight is 384 g/mol. The van der Waals surface area contributed by atoms with Crippen LogP contribution in [-0.4, -0.2) is 58.2 Å². The van der Waals surface area contributed by atoms with E-state index in [0.29, 0.717) is 50.8 Å². The SMILES string of the molecule is O=C(Nc1ccccn1)C1CCN(C(=O)C2CC(=O)N(C3CCCC3)C2)CC1. The number of carbonyl (C=O) groups excluding carboxylic acids is 3. The number of nitrogens with one attached hydrogen (secondary N) is 1. The summed E-state index contributed by atoms with van der Waals surface area (Å²) in [5, 5.41) is 2.85. The quantitative estimate of drug-likeness (QED) is 0.861. The van der Waals surface area contributed by atoms with Gasteiger partial charge in [-0.15, -0.1) is 0 Å². The predicted octanol–water partition coefficient (Wildman–Crippen LogP) is 2.05. The van der Waals surface area contributed by atoms with Crippen LogP contribution in [0.1, 0.15) is 44.9 Å². The van der Waals surface area contributed by atoms with E-state index in [-0.39, 0.29) is 29.6 Å². The molecular weight excluding hydrogens is 356 g/mol. The van der Waals surface area contributed by atoms with Gasteiger partial charge in [0.05, 0.1) is 5.92 Å². The first-order valence-electron chi connectivity index (χ1n) is 10.4. The van der Waals surface area contributed by atoms with Crippen molar-refractivity contribution in [1.29, 1.82) is 0 Å². The van der Waals surface area contributed by atoms with Crippen LogP contribution in [0.2, 0.25) is 0 Å². The van der Waals surface area contributed by atoms with E-state index in [4.69, 9.17) is 0 Å². The highest BCUT2D eigenvalue weighted by Crippen LogP contribution is 2.31. The molecule has 2 aliphatic heterocycles. The third-order valence-electron chi connectivity index (χ3n) is 6.37. The van der Waals surface area contributed by atoms with Gasteiger partial charge in [-0.05, 0) is 37.8 Å². The van der Waals surface area contributed by atoms with Crippen molar-refractivity contribution in [2.75, 3.05) is 25.0 Å². The zero-order chi connectivity index (χ0) is 19.5. The zero-order valence-electron chi connectivity index (χ0n) is 16.2. The van der Waals surface area contributed by atoms with Crippen LogP contribution in [0.5, 0.6) is 0 Å². The number of hydrogen-bond acceptors (Lipinski definition) is 4. The second-order valence-electron chi connectivity index (χ2n) is 8.19. The van der Waals surface area contributed by atoms with Crippen LogP contribution in [0.3, 0.4) is 0 Å². The summed E-state index contributed by atoms with van der Waals surface area (Å²) in [6.07, 6.45) is 7.80. The number of piperidine rings is 1. The number of anilines is 1. The van der Waals surface area contributed by atoms with E-state index in [9.17, 15) is 14.4 Å². The molecule has 3 aliphatic rings. The topological polar surface area (TPSA) is 82.6 Å². The zero-order valence-corrected chi connectivity index (χ0v) is 16.2.